The third-order valence-electron chi connectivity index (χ3n) is 11.3. The third-order valence-corrected chi connectivity index (χ3v) is 11.3. The first kappa shape index (κ1) is 24.2. The molecule has 6 nitrogen and oxygen atoms in total. The number of aliphatic hydroxyl groups is 3. The molecular weight excluding hydrogens is 432 g/mol. The molecule has 3 saturated carbocycles. The summed E-state index contributed by atoms with van der Waals surface area (Å²) in [5.74, 6) is 0.768. The van der Waals surface area contributed by atoms with Crippen molar-refractivity contribution >= 4 is 11.8 Å². The molecule has 1 heterocycles. The van der Waals surface area contributed by atoms with Crippen LogP contribution in [0.2, 0.25) is 0 Å². The lowest BCUT2D eigenvalue weighted by Crippen LogP contribution is -2.69. The summed E-state index contributed by atoms with van der Waals surface area (Å²) < 4.78 is 5.81. The Morgan fingerprint density at radius 2 is 1.91 bits per heavy atom. The molecule has 10 atom stereocenters. The van der Waals surface area contributed by atoms with Crippen molar-refractivity contribution in [1.29, 1.82) is 0 Å². The molecule has 5 rings (SSSR count). The van der Waals surface area contributed by atoms with E-state index >= 15 is 0 Å². The molecule has 5 aliphatic rings. The van der Waals surface area contributed by atoms with Crippen LogP contribution in [0.5, 0.6) is 0 Å². The van der Waals surface area contributed by atoms with Crippen molar-refractivity contribution in [3.63, 3.8) is 0 Å². The number of fused-ring (bicyclic) bond motifs is 5. The maximum absolute atomic E-state index is 13.2. The fourth-order valence-corrected chi connectivity index (χ4v) is 9.22. The Balaban J connectivity index is 1.42. The molecule has 188 valence electrons. The number of allylic oxidation sites excluding steroid dienone is 1. The number of rotatable bonds is 3. The van der Waals surface area contributed by atoms with Gasteiger partial charge in [-0.1, -0.05) is 25.5 Å². The Hall–Kier alpha value is -1.50. The molecule has 0 spiro atoms. The Morgan fingerprint density at radius 1 is 1.18 bits per heavy atom. The number of carbonyl (C=O) groups is 2. The predicted octanol–water partition coefficient (Wildman–Crippen LogP) is 3.34. The van der Waals surface area contributed by atoms with Crippen LogP contribution in [-0.4, -0.2) is 51.5 Å². The summed E-state index contributed by atoms with van der Waals surface area (Å²) in [5.41, 5.74) is -0.977. The molecule has 0 aromatic rings. The van der Waals surface area contributed by atoms with Gasteiger partial charge in [0.2, 0.25) is 0 Å². The molecule has 0 amide bonds. The lowest BCUT2D eigenvalue weighted by molar-refractivity contribution is -0.232. The molecule has 3 N–H and O–H groups in total. The molecule has 0 radical (unpaired) electrons. The van der Waals surface area contributed by atoms with E-state index in [4.69, 9.17) is 4.74 Å². The number of esters is 1. The minimum Gasteiger partial charge on any atom is -0.458 e. The lowest BCUT2D eigenvalue weighted by Gasteiger charge is -2.63. The van der Waals surface area contributed by atoms with Gasteiger partial charge in [0.1, 0.15) is 11.7 Å². The zero-order chi connectivity index (χ0) is 24.6. The van der Waals surface area contributed by atoms with Crippen LogP contribution in [0.1, 0.15) is 72.6 Å². The van der Waals surface area contributed by atoms with Gasteiger partial charge in [-0.15, -0.1) is 0 Å². The molecule has 5 unspecified atom stereocenters. The highest BCUT2D eigenvalue weighted by molar-refractivity contribution is 5.97. The molecule has 6 heteroatoms. The van der Waals surface area contributed by atoms with Gasteiger partial charge in [-0.25, -0.2) is 4.79 Å². The Bertz CT molecular complexity index is 953. The van der Waals surface area contributed by atoms with Crippen LogP contribution >= 0.6 is 0 Å². The summed E-state index contributed by atoms with van der Waals surface area (Å²) in [5, 5.41) is 32.2. The maximum Gasteiger partial charge on any atom is 0.336 e. The van der Waals surface area contributed by atoms with Crippen molar-refractivity contribution < 1.29 is 29.6 Å². The van der Waals surface area contributed by atoms with Crippen LogP contribution in [0.3, 0.4) is 0 Å². The Labute approximate surface area is 202 Å². The van der Waals surface area contributed by atoms with Gasteiger partial charge in [0.25, 0.3) is 0 Å². The summed E-state index contributed by atoms with van der Waals surface area (Å²) in [7, 11) is 0. The second-order valence-electron chi connectivity index (χ2n) is 12.4. The fraction of sp³-hybridized carbons (Fsp3) is 0.786. The average molecular weight is 473 g/mol. The van der Waals surface area contributed by atoms with E-state index < -0.39 is 23.1 Å². The van der Waals surface area contributed by atoms with Crippen molar-refractivity contribution in [2.24, 2.45) is 40.4 Å². The number of hydrogen-bond donors (Lipinski definition) is 3. The second kappa shape index (κ2) is 8.01. The van der Waals surface area contributed by atoms with E-state index in [2.05, 4.69) is 13.8 Å². The largest absolute Gasteiger partial charge is 0.458 e. The summed E-state index contributed by atoms with van der Waals surface area (Å²) in [6.45, 7) is 8.10. The highest BCUT2D eigenvalue weighted by Gasteiger charge is 2.69. The molecule has 0 bridgehead atoms. The topological polar surface area (TPSA) is 104 Å². The van der Waals surface area contributed by atoms with E-state index in [0.29, 0.717) is 36.7 Å². The summed E-state index contributed by atoms with van der Waals surface area (Å²) in [6, 6.07) is 0. The van der Waals surface area contributed by atoms with E-state index in [1.807, 2.05) is 13.8 Å². The smallest absolute Gasteiger partial charge is 0.336 e. The zero-order valence-corrected chi connectivity index (χ0v) is 20.9. The quantitative estimate of drug-likeness (QED) is 0.545. The van der Waals surface area contributed by atoms with Gasteiger partial charge in [-0.3, -0.25) is 4.79 Å². The van der Waals surface area contributed by atoms with Gasteiger partial charge >= 0.3 is 5.97 Å². The molecule has 0 saturated heterocycles. The van der Waals surface area contributed by atoms with Crippen molar-refractivity contribution in [2.75, 3.05) is 6.61 Å². The molecule has 0 aromatic carbocycles. The highest BCUT2D eigenvalue weighted by Crippen LogP contribution is 2.68. The molecular formula is C28H40O6. The van der Waals surface area contributed by atoms with Gasteiger partial charge in [0.05, 0.1) is 23.7 Å². The van der Waals surface area contributed by atoms with E-state index in [1.165, 1.54) is 0 Å². The van der Waals surface area contributed by atoms with Crippen LogP contribution in [0.15, 0.2) is 23.3 Å². The van der Waals surface area contributed by atoms with E-state index in [1.54, 1.807) is 12.2 Å². The summed E-state index contributed by atoms with van der Waals surface area (Å²) in [4.78, 5) is 25.6. The minimum absolute atomic E-state index is 0.0426. The Morgan fingerprint density at radius 3 is 2.59 bits per heavy atom. The van der Waals surface area contributed by atoms with Crippen LogP contribution in [0.4, 0.5) is 0 Å². The summed E-state index contributed by atoms with van der Waals surface area (Å²) in [6.07, 6.45) is 7.69. The fourth-order valence-electron chi connectivity index (χ4n) is 9.22. The second-order valence-corrected chi connectivity index (χ2v) is 12.4. The third kappa shape index (κ3) is 3.04. The number of aliphatic hydroxyl groups excluding tert-OH is 2. The van der Waals surface area contributed by atoms with Crippen molar-refractivity contribution in [1.82, 2.24) is 0 Å². The van der Waals surface area contributed by atoms with E-state index in [9.17, 15) is 24.9 Å². The molecule has 3 fully saturated rings. The zero-order valence-electron chi connectivity index (χ0n) is 20.9. The number of ketones is 1. The first-order valence-corrected chi connectivity index (χ1v) is 13.1. The van der Waals surface area contributed by atoms with Gasteiger partial charge in [-0.2, -0.15) is 0 Å². The van der Waals surface area contributed by atoms with Crippen LogP contribution in [-0.2, 0) is 14.3 Å². The van der Waals surface area contributed by atoms with Crippen LogP contribution in [0, 0.1) is 40.4 Å². The summed E-state index contributed by atoms with van der Waals surface area (Å²) >= 11 is 0. The van der Waals surface area contributed by atoms with Crippen molar-refractivity contribution in [3.05, 3.63) is 23.3 Å². The van der Waals surface area contributed by atoms with Crippen molar-refractivity contribution in [3.8, 4) is 0 Å². The first-order chi connectivity index (χ1) is 16.0. The van der Waals surface area contributed by atoms with E-state index in [0.717, 1.165) is 31.3 Å². The average Bonchev–Trinajstić information content (AvgIpc) is 3.13. The SMILES string of the molecule is CC1=C(CO)C(=O)OC(C(C)[C@H]2CCC3C4C[C@@H](O)[C@@]5(O)CC=CC(=O)[C@]5(C)C4CC[C@@]32C)C1. The number of ether oxygens (including phenoxy) is 1. The van der Waals surface area contributed by atoms with Gasteiger partial charge in [0.15, 0.2) is 5.78 Å². The molecule has 1 aliphatic heterocycles. The maximum atomic E-state index is 13.2. The van der Waals surface area contributed by atoms with Crippen LogP contribution in [0.25, 0.3) is 0 Å². The standard InChI is InChI=1S/C28H40O6/c1-15-12-22(34-25(32)18(15)14-29)16(2)19-7-8-20-17-13-24(31)28(33)10-5-6-23(30)27(28,4)21(17)9-11-26(19,20)3/h5-6,16-17,19-22,24,29,31,33H,7-14H2,1-4H3/t16?,17?,19-,20?,21?,22?,24-,26-,27+,28+/m1/s1. The minimum atomic E-state index is -1.39. The Kier molecular flexibility index (Phi) is 5.70. The van der Waals surface area contributed by atoms with Gasteiger partial charge in [-0.05, 0) is 93.5 Å². The normalized spacial score (nSPS) is 49.3. The van der Waals surface area contributed by atoms with Gasteiger partial charge < -0.3 is 20.1 Å². The molecule has 34 heavy (non-hydrogen) atoms. The van der Waals surface area contributed by atoms with E-state index in [-0.39, 0.29) is 41.7 Å². The molecule has 4 aliphatic carbocycles. The number of carbonyl (C=O) groups excluding carboxylic acids is 2. The number of hydrogen-bond acceptors (Lipinski definition) is 6. The lowest BCUT2D eigenvalue weighted by atomic mass is 9.43. The van der Waals surface area contributed by atoms with Crippen LogP contribution < -0.4 is 0 Å². The first-order valence-electron chi connectivity index (χ1n) is 13.1. The highest BCUT2D eigenvalue weighted by atomic mass is 16.5. The number of cyclic esters (lactones) is 1. The van der Waals surface area contributed by atoms with Gasteiger partial charge in [0, 0.05) is 6.42 Å². The predicted molar refractivity (Wildman–Crippen MR) is 126 cm³/mol. The van der Waals surface area contributed by atoms with Crippen molar-refractivity contribution in [2.45, 2.75) is 90.4 Å². The monoisotopic (exact) mass is 472 g/mol. The molecule has 0 aromatic heterocycles.